The standard InChI is InChI=1S/C30H38F3N3O/c1-22-11-18-36(20-22)28(37)25-6-4-24(5-7-25)26-8-10-27(34-19-26)9-3-23-12-16-35(17-13-23)21-29(14-2-15-29)30(31,32)33/h4-8,10,19,22-23H,2-3,9,11-18,20-21H2,1H3. The van der Waals surface area contributed by atoms with Gasteiger partial charge in [0.25, 0.3) is 5.91 Å². The number of halogens is 3. The topological polar surface area (TPSA) is 36.4 Å². The molecule has 7 heteroatoms. The predicted molar refractivity (Wildman–Crippen MR) is 139 cm³/mol. The molecule has 0 radical (unpaired) electrons. The SMILES string of the molecule is CC1CCN(C(=O)c2ccc(-c3ccc(CCC4CCN(CC5(C(F)(F)F)CCC5)CC4)nc3)cc2)C1. The van der Waals surface area contributed by atoms with Gasteiger partial charge in [-0.25, -0.2) is 0 Å². The number of pyridine rings is 1. The zero-order chi connectivity index (χ0) is 26.0. The highest BCUT2D eigenvalue weighted by molar-refractivity contribution is 5.94. The van der Waals surface area contributed by atoms with E-state index in [-0.39, 0.29) is 25.3 Å². The van der Waals surface area contributed by atoms with E-state index in [1.165, 1.54) is 0 Å². The number of carbonyl (C=O) groups is 1. The van der Waals surface area contributed by atoms with Crippen LogP contribution in [0.3, 0.4) is 0 Å². The number of piperidine rings is 1. The highest BCUT2D eigenvalue weighted by atomic mass is 19.4. The first-order valence-electron chi connectivity index (χ1n) is 13.9. The summed E-state index contributed by atoms with van der Waals surface area (Å²) in [7, 11) is 0. The Morgan fingerprint density at radius 1 is 1.00 bits per heavy atom. The van der Waals surface area contributed by atoms with Crippen molar-refractivity contribution in [2.45, 2.75) is 64.5 Å². The van der Waals surface area contributed by atoms with Crippen LogP contribution in [0.4, 0.5) is 13.2 Å². The fraction of sp³-hybridized carbons (Fsp3) is 0.600. The van der Waals surface area contributed by atoms with Crippen molar-refractivity contribution in [3.05, 3.63) is 53.9 Å². The predicted octanol–water partition coefficient (Wildman–Crippen LogP) is 6.61. The summed E-state index contributed by atoms with van der Waals surface area (Å²) in [5.74, 6) is 1.23. The van der Waals surface area contributed by atoms with E-state index in [1.54, 1.807) is 0 Å². The number of aromatic nitrogens is 1. The number of amides is 1. The van der Waals surface area contributed by atoms with E-state index < -0.39 is 11.6 Å². The molecule has 3 fully saturated rings. The third-order valence-electron chi connectivity index (χ3n) is 8.96. The monoisotopic (exact) mass is 513 g/mol. The number of nitrogens with zero attached hydrogens (tertiary/aromatic N) is 3. The molecule has 1 aromatic heterocycles. The second-order valence-electron chi connectivity index (χ2n) is 11.7. The van der Waals surface area contributed by atoms with Crippen molar-refractivity contribution in [3.8, 4) is 11.1 Å². The molecule has 4 nitrogen and oxygen atoms in total. The van der Waals surface area contributed by atoms with Gasteiger partial charge >= 0.3 is 6.18 Å². The minimum absolute atomic E-state index is 0.109. The summed E-state index contributed by atoms with van der Waals surface area (Å²) < 4.78 is 40.5. The molecule has 1 amide bonds. The van der Waals surface area contributed by atoms with Gasteiger partial charge in [-0.3, -0.25) is 9.78 Å². The highest BCUT2D eigenvalue weighted by Crippen LogP contribution is 2.53. The van der Waals surface area contributed by atoms with Gasteiger partial charge in [0.15, 0.2) is 0 Å². The van der Waals surface area contributed by atoms with E-state index in [9.17, 15) is 18.0 Å². The van der Waals surface area contributed by atoms with Gasteiger partial charge < -0.3 is 9.80 Å². The molecule has 2 saturated heterocycles. The average molecular weight is 514 g/mol. The fourth-order valence-corrected chi connectivity index (χ4v) is 6.20. The number of hydrogen-bond acceptors (Lipinski definition) is 3. The van der Waals surface area contributed by atoms with Crippen LogP contribution in [0, 0.1) is 17.3 Å². The molecule has 3 aliphatic rings. The molecule has 2 aromatic rings. The number of hydrogen-bond donors (Lipinski definition) is 0. The quantitative estimate of drug-likeness (QED) is 0.418. The summed E-state index contributed by atoms with van der Waals surface area (Å²) in [4.78, 5) is 21.3. The van der Waals surface area contributed by atoms with E-state index in [0.29, 0.717) is 18.3 Å². The maximum atomic E-state index is 13.5. The fourth-order valence-electron chi connectivity index (χ4n) is 6.20. The third kappa shape index (κ3) is 5.87. The first-order chi connectivity index (χ1) is 17.7. The van der Waals surface area contributed by atoms with Crippen molar-refractivity contribution in [1.82, 2.24) is 14.8 Å². The second kappa shape index (κ2) is 10.8. The maximum absolute atomic E-state index is 13.5. The van der Waals surface area contributed by atoms with Gasteiger partial charge in [0.1, 0.15) is 0 Å². The van der Waals surface area contributed by atoms with Gasteiger partial charge in [-0.2, -0.15) is 13.2 Å². The average Bonchev–Trinajstić information content (AvgIpc) is 3.31. The Hall–Kier alpha value is -2.41. The Bertz CT molecular complexity index is 1050. The Morgan fingerprint density at radius 3 is 2.24 bits per heavy atom. The van der Waals surface area contributed by atoms with Crippen LogP contribution < -0.4 is 0 Å². The zero-order valence-electron chi connectivity index (χ0n) is 21.8. The molecule has 1 unspecified atom stereocenters. The minimum atomic E-state index is -4.08. The summed E-state index contributed by atoms with van der Waals surface area (Å²) in [5.41, 5.74) is 2.40. The number of rotatable bonds is 7. The molecule has 5 rings (SSSR count). The Morgan fingerprint density at radius 2 is 1.70 bits per heavy atom. The summed E-state index contributed by atoms with van der Waals surface area (Å²) >= 11 is 0. The molecule has 3 heterocycles. The van der Waals surface area contributed by atoms with E-state index in [4.69, 9.17) is 0 Å². The van der Waals surface area contributed by atoms with Crippen LogP contribution in [-0.4, -0.2) is 59.6 Å². The summed E-state index contributed by atoms with van der Waals surface area (Å²) in [6.45, 7) is 5.57. The number of alkyl halides is 3. The Kier molecular flexibility index (Phi) is 7.62. The van der Waals surface area contributed by atoms with Crippen molar-refractivity contribution < 1.29 is 18.0 Å². The first-order valence-corrected chi connectivity index (χ1v) is 13.9. The number of benzene rings is 1. The van der Waals surface area contributed by atoms with Gasteiger partial charge in [0, 0.05) is 42.7 Å². The molecule has 200 valence electrons. The van der Waals surface area contributed by atoms with Gasteiger partial charge in [-0.15, -0.1) is 0 Å². The normalized spacial score (nSPS) is 22.7. The number of aryl methyl sites for hydroxylation is 1. The molecule has 37 heavy (non-hydrogen) atoms. The molecule has 1 atom stereocenters. The van der Waals surface area contributed by atoms with Gasteiger partial charge in [0.05, 0.1) is 5.41 Å². The Balaban J connectivity index is 1.08. The molecule has 1 saturated carbocycles. The molecular formula is C30H38F3N3O. The van der Waals surface area contributed by atoms with Crippen molar-refractivity contribution in [2.24, 2.45) is 17.3 Å². The maximum Gasteiger partial charge on any atom is 0.395 e. The highest BCUT2D eigenvalue weighted by Gasteiger charge is 2.58. The first kappa shape index (κ1) is 26.2. The van der Waals surface area contributed by atoms with E-state index in [1.807, 2.05) is 40.3 Å². The van der Waals surface area contributed by atoms with Crippen molar-refractivity contribution in [3.63, 3.8) is 0 Å². The molecular weight excluding hydrogens is 475 g/mol. The molecule has 1 aliphatic carbocycles. The molecule has 0 N–H and O–H groups in total. The van der Waals surface area contributed by atoms with Crippen LogP contribution in [0.5, 0.6) is 0 Å². The number of carbonyl (C=O) groups excluding carboxylic acids is 1. The summed E-state index contributed by atoms with van der Waals surface area (Å²) in [6, 6.07) is 11.9. The molecule has 1 aromatic carbocycles. The van der Waals surface area contributed by atoms with E-state index >= 15 is 0 Å². The van der Waals surface area contributed by atoms with Crippen LogP contribution in [0.25, 0.3) is 11.1 Å². The van der Waals surface area contributed by atoms with Gasteiger partial charge in [-0.1, -0.05) is 31.5 Å². The smallest absolute Gasteiger partial charge is 0.338 e. The molecule has 2 aliphatic heterocycles. The van der Waals surface area contributed by atoms with Crippen LogP contribution in [0.15, 0.2) is 42.6 Å². The van der Waals surface area contributed by atoms with E-state index in [2.05, 4.69) is 24.0 Å². The number of likely N-dealkylation sites (tertiary alicyclic amines) is 2. The lowest BCUT2D eigenvalue weighted by Gasteiger charge is -2.47. The summed E-state index contributed by atoms with van der Waals surface area (Å²) in [5, 5.41) is 0. The third-order valence-corrected chi connectivity index (χ3v) is 8.96. The summed E-state index contributed by atoms with van der Waals surface area (Å²) in [6.07, 6.45) is 4.01. The van der Waals surface area contributed by atoms with Crippen LogP contribution in [0.2, 0.25) is 0 Å². The van der Waals surface area contributed by atoms with Crippen LogP contribution >= 0.6 is 0 Å². The van der Waals surface area contributed by atoms with Gasteiger partial charge in [0.2, 0.25) is 0 Å². The molecule has 0 spiro atoms. The lowest BCUT2D eigenvalue weighted by molar-refractivity contribution is -0.256. The van der Waals surface area contributed by atoms with Crippen molar-refractivity contribution >= 4 is 5.91 Å². The lowest BCUT2D eigenvalue weighted by atomic mass is 9.67. The van der Waals surface area contributed by atoms with E-state index in [0.717, 1.165) is 80.7 Å². The van der Waals surface area contributed by atoms with Crippen molar-refractivity contribution in [2.75, 3.05) is 32.7 Å². The molecule has 0 bridgehead atoms. The van der Waals surface area contributed by atoms with Crippen LogP contribution in [0.1, 0.15) is 67.9 Å². The second-order valence-corrected chi connectivity index (χ2v) is 11.7. The van der Waals surface area contributed by atoms with Crippen molar-refractivity contribution in [1.29, 1.82) is 0 Å². The lowest BCUT2D eigenvalue weighted by Crippen LogP contribution is -2.53. The largest absolute Gasteiger partial charge is 0.395 e. The Labute approximate surface area is 218 Å². The van der Waals surface area contributed by atoms with Crippen LogP contribution in [-0.2, 0) is 6.42 Å². The minimum Gasteiger partial charge on any atom is -0.338 e. The van der Waals surface area contributed by atoms with Gasteiger partial charge in [-0.05, 0) is 93.6 Å². The zero-order valence-corrected chi connectivity index (χ0v) is 21.8.